The SMILES string of the molecule is CCC(CCCl)NC(=O)c1ccoc1. The van der Waals surface area contributed by atoms with Crippen LogP contribution in [0.25, 0.3) is 0 Å². The average Bonchev–Trinajstić information content (AvgIpc) is 2.69. The van der Waals surface area contributed by atoms with E-state index in [4.69, 9.17) is 16.0 Å². The van der Waals surface area contributed by atoms with Crippen LogP contribution in [-0.2, 0) is 0 Å². The monoisotopic (exact) mass is 215 g/mol. The van der Waals surface area contributed by atoms with Gasteiger partial charge in [-0.05, 0) is 18.9 Å². The Morgan fingerprint density at radius 1 is 1.71 bits per heavy atom. The summed E-state index contributed by atoms with van der Waals surface area (Å²) in [6.45, 7) is 2.02. The smallest absolute Gasteiger partial charge is 0.254 e. The van der Waals surface area contributed by atoms with E-state index in [-0.39, 0.29) is 11.9 Å². The fourth-order valence-electron chi connectivity index (χ4n) is 1.17. The van der Waals surface area contributed by atoms with Crippen molar-refractivity contribution in [2.45, 2.75) is 25.8 Å². The van der Waals surface area contributed by atoms with Gasteiger partial charge >= 0.3 is 0 Å². The van der Waals surface area contributed by atoms with Crippen LogP contribution in [0.1, 0.15) is 30.1 Å². The van der Waals surface area contributed by atoms with Crippen molar-refractivity contribution in [1.29, 1.82) is 0 Å². The molecule has 1 amide bonds. The molecule has 0 aliphatic carbocycles. The highest BCUT2D eigenvalue weighted by molar-refractivity contribution is 6.17. The topological polar surface area (TPSA) is 42.2 Å². The molecule has 1 atom stereocenters. The summed E-state index contributed by atoms with van der Waals surface area (Å²) in [6.07, 6.45) is 4.60. The third-order valence-corrected chi connectivity index (χ3v) is 2.29. The summed E-state index contributed by atoms with van der Waals surface area (Å²) in [6, 6.07) is 1.79. The molecule has 0 radical (unpaired) electrons. The number of furan rings is 1. The maximum Gasteiger partial charge on any atom is 0.254 e. The molecule has 0 aromatic carbocycles. The van der Waals surface area contributed by atoms with E-state index in [2.05, 4.69) is 5.32 Å². The molecule has 1 heterocycles. The van der Waals surface area contributed by atoms with E-state index in [9.17, 15) is 4.79 Å². The second kappa shape index (κ2) is 5.70. The Morgan fingerprint density at radius 2 is 2.50 bits per heavy atom. The van der Waals surface area contributed by atoms with Gasteiger partial charge in [-0.2, -0.15) is 0 Å². The molecule has 1 aromatic heterocycles. The molecule has 4 heteroatoms. The molecule has 0 saturated heterocycles. The Kier molecular flexibility index (Phi) is 4.53. The van der Waals surface area contributed by atoms with Crippen LogP contribution in [0.2, 0.25) is 0 Å². The van der Waals surface area contributed by atoms with Gasteiger partial charge in [0.2, 0.25) is 0 Å². The minimum atomic E-state index is -0.101. The van der Waals surface area contributed by atoms with E-state index in [1.807, 2.05) is 6.92 Å². The lowest BCUT2D eigenvalue weighted by Gasteiger charge is -2.14. The van der Waals surface area contributed by atoms with E-state index in [1.54, 1.807) is 6.07 Å². The summed E-state index contributed by atoms with van der Waals surface area (Å²) in [5, 5.41) is 2.89. The first-order valence-electron chi connectivity index (χ1n) is 4.67. The Hall–Kier alpha value is -0.960. The van der Waals surface area contributed by atoms with Crippen LogP contribution in [0.5, 0.6) is 0 Å². The second-order valence-electron chi connectivity index (χ2n) is 3.07. The van der Waals surface area contributed by atoms with Crippen molar-refractivity contribution in [2.24, 2.45) is 0 Å². The highest BCUT2D eigenvalue weighted by Gasteiger charge is 2.11. The van der Waals surface area contributed by atoms with Gasteiger partial charge in [-0.15, -0.1) is 11.6 Å². The molecule has 1 unspecified atom stereocenters. The quantitative estimate of drug-likeness (QED) is 0.767. The molecular formula is C10H14ClNO2. The first-order valence-corrected chi connectivity index (χ1v) is 5.20. The lowest BCUT2D eigenvalue weighted by Crippen LogP contribution is -2.34. The zero-order valence-corrected chi connectivity index (χ0v) is 8.88. The van der Waals surface area contributed by atoms with Crippen LogP contribution in [0, 0.1) is 0 Å². The van der Waals surface area contributed by atoms with Crippen LogP contribution < -0.4 is 5.32 Å². The Morgan fingerprint density at radius 3 is 3.00 bits per heavy atom. The molecule has 0 fully saturated rings. The van der Waals surface area contributed by atoms with Gasteiger partial charge in [0.15, 0.2) is 0 Å². The molecule has 1 aromatic rings. The second-order valence-corrected chi connectivity index (χ2v) is 3.45. The normalized spacial score (nSPS) is 12.4. The van der Waals surface area contributed by atoms with Crippen molar-refractivity contribution in [3.8, 4) is 0 Å². The van der Waals surface area contributed by atoms with E-state index >= 15 is 0 Å². The van der Waals surface area contributed by atoms with Gasteiger partial charge in [-0.1, -0.05) is 6.92 Å². The fourth-order valence-corrected chi connectivity index (χ4v) is 1.44. The summed E-state index contributed by atoms with van der Waals surface area (Å²) in [7, 11) is 0. The minimum absolute atomic E-state index is 0.101. The Labute approximate surface area is 88.4 Å². The van der Waals surface area contributed by atoms with Crippen molar-refractivity contribution in [3.63, 3.8) is 0 Å². The molecule has 1 N–H and O–H groups in total. The van der Waals surface area contributed by atoms with Gasteiger partial charge in [0.05, 0.1) is 11.8 Å². The number of halogens is 1. The van der Waals surface area contributed by atoms with Gasteiger partial charge < -0.3 is 9.73 Å². The van der Waals surface area contributed by atoms with E-state index in [0.717, 1.165) is 12.8 Å². The number of hydrogen-bond donors (Lipinski definition) is 1. The summed E-state index contributed by atoms with van der Waals surface area (Å²) in [4.78, 5) is 11.5. The molecule has 0 saturated carbocycles. The van der Waals surface area contributed by atoms with Crippen molar-refractivity contribution < 1.29 is 9.21 Å². The molecule has 3 nitrogen and oxygen atoms in total. The van der Waals surface area contributed by atoms with Crippen LogP contribution in [0.3, 0.4) is 0 Å². The molecule has 0 aliphatic rings. The predicted octanol–water partition coefficient (Wildman–Crippen LogP) is 2.42. The third-order valence-electron chi connectivity index (χ3n) is 2.07. The first kappa shape index (κ1) is 11.1. The van der Waals surface area contributed by atoms with Gasteiger partial charge in [-0.3, -0.25) is 4.79 Å². The zero-order chi connectivity index (χ0) is 10.4. The highest BCUT2D eigenvalue weighted by atomic mass is 35.5. The van der Waals surface area contributed by atoms with Gasteiger partial charge in [0.25, 0.3) is 5.91 Å². The van der Waals surface area contributed by atoms with Crippen molar-refractivity contribution in [1.82, 2.24) is 5.32 Å². The number of carbonyl (C=O) groups excluding carboxylic acids is 1. The number of nitrogens with one attached hydrogen (secondary N) is 1. The van der Waals surface area contributed by atoms with Crippen LogP contribution in [0.15, 0.2) is 23.0 Å². The molecular weight excluding hydrogens is 202 g/mol. The zero-order valence-electron chi connectivity index (χ0n) is 8.13. The summed E-state index contributed by atoms with van der Waals surface area (Å²) < 4.78 is 4.82. The van der Waals surface area contributed by atoms with E-state index < -0.39 is 0 Å². The predicted molar refractivity (Wildman–Crippen MR) is 55.6 cm³/mol. The van der Waals surface area contributed by atoms with Gasteiger partial charge in [-0.25, -0.2) is 0 Å². The standard InChI is InChI=1S/C10H14ClNO2/c1-2-9(3-5-11)12-10(13)8-4-6-14-7-8/h4,6-7,9H,2-3,5H2,1H3,(H,12,13). The summed E-state index contributed by atoms with van der Waals surface area (Å²) in [5.74, 6) is 0.459. The molecule has 0 bridgehead atoms. The first-order chi connectivity index (χ1) is 6.77. The molecule has 0 spiro atoms. The molecule has 0 aliphatic heterocycles. The van der Waals surface area contributed by atoms with Crippen LogP contribution >= 0.6 is 11.6 Å². The molecule has 78 valence electrons. The fraction of sp³-hybridized carbons (Fsp3) is 0.500. The highest BCUT2D eigenvalue weighted by Crippen LogP contribution is 2.04. The van der Waals surface area contributed by atoms with Crippen LogP contribution in [0.4, 0.5) is 0 Å². The lowest BCUT2D eigenvalue weighted by atomic mass is 10.1. The maximum atomic E-state index is 11.5. The summed E-state index contributed by atoms with van der Waals surface area (Å²) in [5.41, 5.74) is 0.554. The number of rotatable bonds is 5. The Balaban J connectivity index is 2.47. The Bertz CT molecular complexity index is 272. The van der Waals surface area contributed by atoms with Crippen molar-refractivity contribution in [2.75, 3.05) is 5.88 Å². The lowest BCUT2D eigenvalue weighted by molar-refractivity contribution is 0.0934. The summed E-state index contributed by atoms with van der Waals surface area (Å²) >= 11 is 5.61. The molecule has 1 rings (SSSR count). The van der Waals surface area contributed by atoms with Crippen molar-refractivity contribution >= 4 is 17.5 Å². The van der Waals surface area contributed by atoms with Crippen LogP contribution in [-0.4, -0.2) is 17.8 Å². The number of alkyl halides is 1. The van der Waals surface area contributed by atoms with Gasteiger partial charge in [0.1, 0.15) is 6.26 Å². The van der Waals surface area contributed by atoms with Crippen molar-refractivity contribution in [3.05, 3.63) is 24.2 Å². The number of hydrogen-bond acceptors (Lipinski definition) is 2. The van der Waals surface area contributed by atoms with Gasteiger partial charge in [0, 0.05) is 11.9 Å². The minimum Gasteiger partial charge on any atom is -0.472 e. The largest absolute Gasteiger partial charge is 0.472 e. The number of amides is 1. The van der Waals surface area contributed by atoms with E-state index in [0.29, 0.717) is 11.4 Å². The third kappa shape index (κ3) is 3.07. The van der Waals surface area contributed by atoms with E-state index in [1.165, 1.54) is 12.5 Å². The number of carbonyl (C=O) groups is 1. The average molecular weight is 216 g/mol. The maximum absolute atomic E-state index is 11.5. The molecule has 14 heavy (non-hydrogen) atoms.